The lowest BCUT2D eigenvalue weighted by Gasteiger charge is -2.08. The molecule has 0 amide bonds. The Bertz CT molecular complexity index is 3270. The van der Waals surface area contributed by atoms with Crippen LogP contribution in [0.15, 0.2) is 92.8 Å². The van der Waals surface area contributed by atoms with E-state index in [9.17, 15) is 28.8 Å². The molecule has 0 unspecified atom stereocenters. The quantitative estimate of drug-likeness (QED) is 0.0209. The molecule has 0 aliphatic rings. The van der Waals surface area contributed by atoms with Crippen molar-refractivity contribution in [1.82, 2.24) is 44.9 Å². The van der Waals surface area contributed by atoms with Crippen LogP contribution >= 0.6 is 126 Å². The average Bonchev–Trinajstić information content (AvgIpc) is 3.38. The molecule has 7 aromatic heterocycles. The Hall–Kier alpha value is -5.14. The first kappa shape index (κ1) is 72.9. The molecule has 0 spiro atoms. The van der Waals surface area contributed by atoms with E-state index < -0.39 is 17.9 Å². The monoisotopic (exact) mass is 1380 g/mol. The van der Waals surface area contributed by atoms with E-state index in [-0.39, 0.29) is 44.4 Å². The van der Waals surface area contributed by atoms with Gasteiger partial charge in [0.25, 0.3) is 11.1 Å². The molecule has 0 radical (unpaired) electrons. The van der Waals surface area contributed by atoms with Crippen molar-refractivity contribution in [3.8, 4) is 0 Å². The fourth-order valence-electron chi connectivity index (χ4n) is 6.21. The molecule has 0 aliphatic carbocycles. The molecule has 0 aliphatic heterocycles. The van der Waals surface area contributed by atoms with Crippen molar-refractivity contribution in [2.45, 2.75) is 92.0 Å². The lowest BCUT2D eigenvalue weighted by Crippen LogP contribution is -2.09. The van der Waals surface area contributed by atoms with Gasteiger partial charge in [-0.05, 0) is 128 Å². The lowest BCUT2D eigenvalue weighted by molar-refractivity contribution is 0.0515. The SMILES string of the molecule is CCOC(=O)c1c(Cl)ccnc1Br.CCOC(=O)c1c(Cl)ccnc1CC.CCc1nccc(Cl)c1C(=O)Br.CCc1nccc(Cl)c1C(=O)O.CCc1nccc(Cl)c1CSc1nc(C)cc(=O)[nH]1.Cc1cc(=O)[nH]c(=S)[nH]1.Cl. The van der Waals surface area contributed by atoms with E-state index in [0.29, 0.717) is 101 Å². The summed E-state index contributed by atoms with van der Waals surface area (Å²) in [5.74, 6) is -1.25. The fourth-order valence-corrected chi connectivity index (χ4v) is 9.89. The van der Waals surface area contributed by atoms with Crippen LogP contribution in [0.5, 0.6) is 0 Å². The van der Waals surface area contributed by atoms with Gasteiger partial charge in [0.15, 0.2) is 9.93 Å². The summed E-state index contributed by atoms with van der Waals surface area (Å²) in [5.41, 5.74) is 6.35. The Morgan fingerprint density at radius 1 is 0.600 bits per heavy atom. The van der Waals surface area contributed by atoms with Gasteiger partial charge in [-0.1, -0.05) is 97.5 Å². The number of carbonyl (C=O) groups excluding carboxylic acids is 3. The molecule has 28 heteroatoms. The van der Waals surface area contributed by atoms with E-state index >= 15 is 0 Å². The molecule has 18 nitrogen and oxygen atoms in total. The first-order valence-corrected chi connectivity index (χ1v) is 28.5. The van der Waals surface area contributed by atoms with E-state index in [0.717, 1.165) is 29.1 Å². The summed E-state index contributed by atoms with van der Waals surface area (Å²) in [5, 5.41) is 11.5. The molecule has 430 valence electrons. The zero-order valence-electron chi connectivity index (χ0n) is 44.1. The number of carboxylic acid groups (broad SMARTS) is 1. The Labute approximate surface area is 519 Å². The number of esters is 2. The number of aromatic carboxylic acids is 1. The fraction of sp³-hybridized carbons (Fsp3) is 0.288. The number of nitrogens with one attached hydrogen (secondary N) is 3. The van der Waals surface area contributed by atoms with Crippen LogP contribution < -0.4 is 11.1 Å². The Kier molecular flexibility index (Phi) is 35.1. The molecule has 4 N–H and O–H groups in total. The van der Waals surface area contributed by atoms with Crippen LogP contribution in [0.3, 0.4) is 0 Å². The summed E-state index contributed by atoms with van der Waals surface area (Å²) in [7, 11) is 0. The Morgan fingerprint density at radius 3 is 1.43 bits per heavy atom. The molecular formula is C52H55Br2Cl6N9O9S2. The second-order valence-corrected chi connectivity index (χ2v) is 20.1. The first-order valence-electron chi connectivity index (χ1n) is 23.6. The molecule has 0 fully saturated rings. The number of pyridine rings is 5. The first-order chi connectivity index (χ1) is 37.5. The van der Waals surface area contributed by atoms with Crippen molar-refractivity contribution in [2.24, 2.45) is 0 Å². The smallest absolute Gasteiger partial charge is 0.342 e. The highest BCUT2D eigenvalue weighted by molar-refractivity contribution is 9.18. The van der Waals surface area contributed by atoms with Crippen LogP contribution in [-0.4, -0.2) is 85.8 Å². The number of aryl methyl sites for hydroxylation is 6. The molecular weight excluding hydrogens is 1330 g/mol. The highest BCUT2D eigenvalue weighted by Crippen LogP contribution is 2.27. The molecule has 7 heterocycles. The highest BCUT2D eigenvalue weighted by Gasteiger charge is 2.18. The molecule has 0 aromatic carbocycles. The average molecular weight is 1390 g/mol. The third-order valence-electron chi connectivity index (χ3n) is 9.68. The van der Waals surface area contributed by atoms with Crippen LogP contribution in [0.25, 0.3) is 0 Å². The van der Waals surface area contributed by atoms with Gasteiger partial charge < -0.3 is 24.5 Å². The number of carboxylic acids is 1. The molecule has 0 bridgehead atoms. The topological polar surface area (TPSA) is 266 Å². The number of hydrogen-bond acceptors (Lipinski definition) is 16. The maximum Gasteiger partial charge on any atom is 0.342 e. The van der Waals surface area contributed by atoms with Crippen molar-refractivity contribution in [1.29, 1.82) is 0 Å². The largest absolute Gasteiger partial charge is 0.478 e. The van der Waals surface area contributed by atoms with Crippen LogP contribution in [0.4, 0.5) is 0 Å². The maximum absolute atomic E-state index is 11.5. The van der Waals surface area contributed by atoms with Crippen molar-refractivity contribution in [3.05, 3.63) is 191 Å². The third kappa shape index (κ3) is 24.5. The third-order valence-corrected chi connectivity index (χ3v) is 13.4. The highest BCUT2D eigenvalue weighted by atomic mass is 79.9. The minimum atomic E-state index is -1.02. The summed E-state index contributed by atoms with van der Waals surface area (Å²) in [6, 6.07) is 10.9. The minimum absolute atomic E-state index is 0. The number of aromatic nitrogens is 9. The van der Waals surface area contributed by atoms with Gasteiger partial charge in [0, 0.05) is 76.5 Å². The molecule has 7 aromatic rings. The van der Waals surface area contributed by atoms with Gasteiger partial charge in [-0.15, -0.1) is 12.4 Å². The minimum Gasteiger partial charge on any atom is -0.478 e. The van der Waals surface area contributed by atoms with Crippen molar-refractivity contribution in [3.63, 3.8) is 0 Å². The van der Waals surface area contributed by atoms with E-state index in [4.69, 9.17) is 72.6 Å². The van der Waals surface area contributed by atoms with Crippen molar-refractivity contribution in [2.75, 3.05) is 13.2 Å². The standard InChI is InChI=1S/C13H14ClN3OS.C10H12ClNO2.C8H7BrClNO2.C8H7BrClNO.C8H8ClNO2.C5H6N2OS.ClH/c1-3-11-9(10(14)4-5-15-11)7-19-13-16-8(2)6-12(18)17-13;1-3-8-9(10(13)14-4-2)7(11)5-6-12-8;1-2-13-8(12)6-5(10)3-4-11-7(6)9;1-2-6-7(8(9)12)5(10)3-4-11-6;1-2-6-7(8(11)12)5(9)3-4-10-6;1-3-2-4(8)7-5(9)6-3;/h4-6H,3,7H2,1-2H3,(H,16,17,18);5-6H,3-4H2,1-2H3;3-4H,2H2,1H3;3-4H,2H2,1H3;3-4H,2H2,1H3,(H,11,12);2H,1H3,(H2,6,7,8,9);1H. The number of rotatable bonds is 13. The van der Waals surface area contributed by atoms with Crippen LogP contribution in [0.2, 0.25) is 25.1 Å². The summed E-state index contributed by atoms with van der Waals surface area (Å²) >= 11 is 41.5. The van der Waals surface area contributed by atoms with Gasteiger partial charge in [-0.3, -0.25) is 39.3 Å². The number of aromatic amines is 3. The molecule has 0 saturated carbocycles. The summed E-state index contributed by atoms with van der Waals surface area (Å²) < 4.78 is 10.2. The van der Waals surface area contributed by atoms with Crippen LogP contribution in [-0.2, 0) is 40.9 Å². The predicted octanol–water partition coefficient (Wildman–Crippen LogP) is 14.1. The number of carbonyl (C=O) groups is 4. The zero-order chi connectivity index (χ0) is 59.4. The lowest BCUT2D eigenvalue weighted by atomic mass is 10.1. The predicted molar refractivity (Wildman–Crippen MR) is 327 cm³/mol. The molecule has 80 heavy (non-hydrogen) atoms. The summed E-state index contributed by atoms with van der Waals surface area (Å²) in [4.78, 5) is 98.9. The number of hydrogen-bond donors (Lipinski definition) is 4. The number of halogens is 8. The second kappa shape index (κ2) is 38.5. The number of H-pyrrole nitrogens is 3. The second-order valence-electron chi connectivity index (χ2n) is 15.2. The Morgan fingerprint density at radius 2 is 1.01 bits per heavy atom. The molecule has 0 atom stereocenters. The van der Waals surface area contributed by atoms with Crippen molar-refractivity contribution >= 4 is 149 Å². The maximum atomic E-state index is 11.5. The number of nitrogens with zero attached hydrogens (tertiary/aromatic N) is 6. The van der Waals surface area contributed by atoms with Gasteiger partial charge in [0.1, 0.15) is 10.2 Å². The summed E-state index contributed by atoms with van der Waals surface area (Å²) in [6.07, 6.45) is 10.7. The van der Waals surface area contributed by atoms with Crippen LogP contribution in [0.1, 0.15) is 123 Å². The normalized spacial score (nSPS) is 9.89. The molecule has 7 rings (SSSR count). The van der Waals surface area contributed by atoms with Gasteiger partial charge in [-0.2, -0.15) is 0 Å². The van der Waals surface area contributed by atoms with E-state index in [1.165, 1.54) is 42.4 Å². The van der Waals surface area contributed by atoms with Gasteiger partial charge >= 0.3 is 17.9 Å². The van der Waals surface area contributed by atoms with E-state index in [1.54, 1.807) is 70.6 Å². The summed E-state index contributed by atoms with van der Waals surface area (Å²) in [6.45, 7) is 15.5. The van der Waals surface area contributed by atoms with E-state index in [2.05, 4.69) is 88.9 Å². The van der Waals surface area contributed by atoms with E-state index in [1.807, 2.05) is 27.7 Å². The van der Waals surface area contributed by atoms with Crippen LogP contribution in [0, 0.1) is 18.6 Å². The van der Waals surface area contributed by atoms with Gasteiger partial charge in [0.2, 0.25) is 4.69 Å². The molecule has 0 saturated heterocycles. The van der Waals surface area contributed by atoms with Gasteiger partial charge in [-0.25, -0.2) is 24.4 Å². The number of thioether (sulfide) groups is 1. The van der Waals surface area contributed by atoms with Gasteiger partial charge in [0.05, 0.1) is 67.1 Å². The Balaban J connectivity index is 0.000000485. The van der Waals surface area contributed by atoms with Crippen molar-refractivity contribution < 1.29 is 33.8 Å². The number of ether oxygens (including phenoxy) is 2. The zero-order valence-corrected chi connectivity index (χ0v) is 53.5.